The maximum Gasteiger partial charge on any atom is 0.265 e. The minimum Gasteiger partial charge on any atom is -0.370 e. The van der Waals surface area contributed by atoms with Gasteiger partial charge in [0, 0.05) is 37.1 Å². The quantitative estimate of drug-likeness (QED) is 0.432. The number of aromatic nitrogens is 4. The molecule has 2 atom stereocenters. The van der Waals surface area contributed by atoms with Gasteiger partial charge in [-0.25, -0.2) is 23.1 Å². The van der Waals surface area contributed by atoms with E-state index in [1.807, 2.05) is 30.9 Å². The van der Waals surface area contributed by atoms with E-state index in [1.165, 1.54) is 10.5 Å². The number of halogens is 2. The van der Waals surface area contributed by atoms with Gasteiger partial charge in [0.2, 0.25) is 0 Å². The summed E-state index contributed by atoms with van der Waals surface area (Å²) in [6.07, 6.45) is 1.40. The number of benzene rings is 1. The molecule has 184 valence electrons. The van der Waals surface area contributed by atoms with Crippen molar-refractivity contribution in [2.45, 2.75) is 39.3 Å². The first kappa shape index (κ1) is 22.7. The Balaban J connectivity index is 1.52. The van der Waals surface area contributed by atoms with Crippen molar-refractivity contribution in [3.63, 3.8) is 0 Å². The number of morpholine rings is 1. The fourth-order valence-corrected chi connectivity index (χ4v) is 4.84. The molecule has 10 heteroatoms. The first-order valence-corrected chi connectivity index (χ1v) is 11.7. The molecule has 0 bridgehead atoms. The van der Waals surface area contributed by atoms with E-state index in [-0.39, 0.29) is 42.4 Å². The lowest BCUT2D eigenvalue weighted by Crippen LogP contribution is -2.43. The van der Waals surface area contributed by atoms with Crippen LogP contribution in [-0.2, 0) is 22.7 Å². The summed E-state index contributed by atoms with van der Waals surface area (Å²) in [6, 6.07) is 8.84. The van der Waals surface area contributed by atoms with E-state index in [9.17, 15) is 13.6 Å². The molecule has 0 spiro atoms. The van der Waals surface area contributed by atoms with Gasteiger partial charge in [0.15, 0.2) is 5.82 Å². The van der Waals surface area contributed by atoms with Crippen LogP contribution < -0.4 is 10.5 Å². The standard InChI is InChI=1S/C26H23F2N5O3/c1-14-7-16(5-6-29-14)22-11-32(10-15(2)36-22)23-9-24-30-21-13-35-12-19(21)26(34)33(24)25(31-23)18-4-3-17(27)8-20(18)28/h3-9,15,22H,10-13H2,1-2H3/t15-,22?/m0/s1. The van der Waals surface area contributed by atoms with E-state index in [1.54, 1.807) is 12.3 Å². The molecule has 2 aliphatic heterocycles. The molecule has 1 saturated heterocycles. The number of anilines is 1. The summed E-state index contributed by atoms with van der Waals surface area (Å²) in [7, 11) is 0. The van der Waals surface area contributed by atoms with Crippen LogP contribution in [-0.4, -0.2) is 38.5 Å². The Morgan fingerprint density at radius 1 is 1.06 bits per heavy atom. The second kappa shape index (κ2) is 8.72. The molecule has 1 fully saturated rings. The lowest BCUT2D eigenvalue weighted by atomic mass is 10.1. The van der Waals surface area contributed by atoms with Crippen LogP contribution in [0.1, 0.15) is 35.5 Å². The Morgan fingerprint density at radius 2 is 1.92 bits per heavy atom. The van der Waals surface area contributed by atoms with Crippen LogP contribution in [0.5, 0.6) is 0 Å². The molecule has 8 nitrogen and oxygen atoms in total. The van der Waals surface area contributed by atoms with Crippen LogP contribution in [0.2, 0.25) is 0 Å². The van der Waals surface area contributed by atoms with Crippen LogP contribution in [0.25, 0.3) is 17.0 Å². The van der Waals surface area contributed by atoms with Gasteiger partial charge in [-0.15, -0.1) is 0 Å². The maximum atomic E-state index is 14.9. The van der Waals surface area contributed by atoms with Gasteiger partial charge in [-0.05, 0) is 43.7 Å². The summed E-state index contributed by atoms with van der Waals surface area (Å²) in [5, 5.41) is 0. The van der Waals surface area contributed by atoms with E-state index in [4.69, 9.17) is 14.5 Å². The largest absolute Gasteiger partial charge is 0.370 e. The monoisotopic (exact) mass is 491 g/mol. The molecule has 1 aromatic carbocycles. The summed E-state index contributed by atoms with van der Waals surface area (Å²) < 4.78 is 41.6. The summed E-state index contributed by atoms with van der Waals surface area (Å²) in [6.45, 7) is 5.28. The normalized spacial score (nSPS) is 19.6. The number of aryl methyl sites for hydroxylation is 1. The molecule has 6 rings (SSSR count). The Morgan fingerprint density at radius 3 is 2.72 bits per heavy atom. The fraction of sp³-hybridized carbons (Fsp3) is 0.308. The Kier molecular flexibility index (Phi) is 5.50. The van der Waals surface area contributed by atoms with Crippen molar-refractivity contribution >= 4 is 11.5 Å². The predicted octanol–water partition coefficient (Wildman–Crippen LogP) is 3.73. The summed E-state index contributed by atoms with van der Waals surface area (Å²) in [5.41, 5.74) is 2.82. The van der Waals surface area contributed by atoms with Crippen molar-refractivity contribution in [2.24, 2.45) is 0 Å². The number of hydrogen-bond acceptors (Lipinski definition) is 7. The van der Waals surface area contributed by atoms with Crippen LogP contribution in [0.4, 0.5) is 14.6 Å². The molecule has 0 radical (unpaired) electrons. The van der Waals surface area contributed by atoms with Gasteiger partial charge in [0.1, 0.15) is 29.2 Å². The van der Waals surface area contributed by atoms with E-state index in [2.05, 4.69) is 9.97 Å². The van der Waals surface area contributed by atoms with Crippen LogP contribution in [0.15, 0.2) is 47.4 Å². The molecule has 0 N–H and O–H groups in total. The topological polar surface area (TPSA) is 81.9 Å². The average molecular weight is 491 g/mol. The molecular formula is C26H23F2N5O3. The summed E-state index contributed by atoms with van der Waals surface area (Å²) >= 11 is 0. The van der Waals surface area contributed by atoms with Gasteiger partial charge in [-0.3, -0.25) is 9.78 Å². The molecule has 3 aromatic heterocycles. The zero-order valence-corrected chi connectivity index (χ0v) is 19.7. The summed E-state index contributed by atoms with van der Waals surface area (Å²) in [4.78, 5) is 29.1. The number of fused-ring (bicyclic) bond motifs is 2. The van der Waals surface area contributed by atoms with Crippen LogP contribution >= 0.6 is 0 Å². The van der Waals surface area contributed by atoms with E-state index < -0.39 is 11.6 Å². The third-order valence-corrected chi connectivity index (χ3v) is 6.51. The highest BCUT2D eigenvalue weighted by Crippen LogP contribution is 2.31. The molecular weight excluding hydrogens is 468 g/mol. The lowest BCUT2D eigenvalue weighted by molar-refractivity contribution is -0.0176. The fourth-order valence-electron chi connectivity index (χ4n) is 4.84. The molecule has 36 heavy (non-hydrogen) atoms. The number of rotatable bonds is 3. The smallest absolute Gasteiger partial charge is 0.265 e. The first-order valence-electron chi connectivity index (χ1n) is 11.7. The molecule has 4 aromatic rings. The zero-order valence-electron chi connectivity index (χ0n) is 19.7. The minimum atomic E-state index is -0.815. The third-order valence-electron chi connectivity index (χ3n) is 6.51. The SMILES string of the molecule is Cc1cc(C2CN(c3cc4nc5c(c(=O)n4c(-c4ccc(F)cc4F)n3)COC5)C[C@H](C)O2)ccn1. The molecule has 5 heterocycles. The van der Waals surface area contributed by atoms with Crippen molar-refractivity contribution < 1.29 is 18.3 Å². The molecule has 0 amide bonds. The predicted molar refractivity (Wildman–Crippen MR) is 128 cm³/mol. The lowest BCUT2D eigenvalue weighted by Gasteiger charge is -2.38. The number of ether oxygens (including phenoxy) is 2. The molecule has 0 aliphatic carbocycles. The van der Waals surface area contributed by atoms with E-state index in [0.717, 1.165) is 23.4 Å². The highest BCUT2D eigenvalue weighted by atomic mass is 19.1. The Hall–Kier alpha value is -3.76. The van der Waals surface area contributed by atoms with Crippen molar-refractivity contribution in [1.82, 2.24) is 19.4 Å². The third kappa shape index (κ3) is 3.92. The van der Waals surface area contributed by atoms with Crippen LogP contribution in [0, 0.1) is 18.6 Å². The van der Waals surface area contributed by atoms with Crippen LogP contribution in [0.3, 0.4) is 0 Å². The second-order valence-electron chi connectivity index (χ2n) is 9.16. The van der Waals surface area contributed by atoms with E-state index in [0.29, 0.717) is 35.8 Å². The summed E-state index contributed by atoms with van der Waals surface area (Å²) in [5.74, 6) is -0.952. The minimum absolute atomic E-state index is 0.00799. The van der Waals surface area contributed by atoms with Gasteiger partial charge in [-0.1, -0.05) is 0 Å². The number of nitrogens with zero attached hydrogens (tertiary/aromatic N) is 5. The molecule has 0 saturated carbocycles. The van der Waals surface area contributed by atoms with Crippen molar-refractivity contribution in [3.8, 4) is 11.4 Å². The van der Waals surface area contributed by atoms with Gasteiger partial charge >= 0.3 is 0 Å². The average Bonchev–Trinajstić information content (AvgIpc) is 3.32. The zero-order chi connectivity index (χ0) is 25.0. The van der Waals surface area contributed by atoms with Gasteiger partial charge in [0.25, 0.3) is 5.56 Å². The highest BCUT2D eigenvalue weighted by Gasteiger charge is 2.30. The molecule has 2 aliphatic rings. The Bertz CT molecular complexity index is 1560. The number of hydrogen-bond donors (Lipinski definition) is 0. The first-order chi connectivity index (χ1) is 17.4. The van der Waals surface area contributed by atoms with Crippen molar-refractivity contribution in [2.75, 3.05) is 18.0 Å². The second-order valence-corrected chi connectivity index (χ2v) is 9.16. The van der Waals surface area contributed by atoms with E-state index >= 15 is 0 Å². The van der Waals surface area contributed by atoms with Gasteiger partial charge in [0.05, 0.1) is 36.1 Å². The van der Waals surface area contributed by atoms with Crippen molar-refractivity contribution in [3.05, 3.63) is 87.1 Å². The number of pyridine rings is 1. The van der Waals surface area contributed by atoms with Crippen molar-refractivity contribution in [1.29, 1.82) is 0 Å². The Labute approximate surface area is 205 Å². The maximum absolute atomic E-state index is 14.9. The molecule has 1 unspecified atom stereocenters. The van der Waals surface area contributed by atoms with Gasteiger partial charge < -0.3 is 14.4 Å². The van der Waals surface area contributed by atoms with Gasteiger partial charge in [-0.2, -0.15) is 0 Å². The highest BCUT2D eigenvalue weighted by molar-refractivity contribution is 5.65.